The van der Waals surface area contributed by atoms with Gasteiger partial charge in [-0.05, 0) is 30.7 Å². The van der Waals surface area contributed by atoms with E-state index >= 15 is 0 Å². The van der Waals surface area contributed by atoms with E-state index < -0.39 is 0 Å². The van der Waals surface area contributed by atoms with Gasteiger partial charge in [-0.3, -0.25) is 4.79 Å². The van der Waals surface area contributed by atoms with E-state index in [2.05, 4.69) is 15.4 Å². The fourth-order valence-electron chi connectivity index (χ4n) is 1.53. The number of hydrogen-bond acceptors (Lipinski definition) is 5. The van der Waals surface area contributed by atoms with Crippen LogP contribution >= 0.6 is 0 Å². The molecular formula is C14H20N2O4. The summed E-state index contributed by atoms with van der Waals surface area (Å²) in [5.74, 6) is -0.467. The molecule has 0 aromatic heterocycles. The summed E-state index contributed by atoms with van der Waals surface area (Å²) in [6.07, 6.45) is 0.788. The van der Waals surface area contributed by atoms with Crippen LogP contribution in [0.1, 0.15) is 16.8 Å². The predicted octanol–water partition coefficient (Wildman–Crippen LogP) is 1.04. The lowest BCUT2D eigenvalue weighted by molar-refractivity contribution is -0.119. The minimum Gasteiger partial charge on any atom is -0.465 e. The van der Waals surface area contributed by atoms with Gasteiger partial charge in [0.2, 0.25) is 5.91 Å². The number of rotatable bonds is 8. The number of esters is 1. The van der Waals surface area contributed by atoms with Crippen molar-refractivity contribution in [3.05, 3.63) is 29.8 Å². The van der Waals surface area contributed by atoms with Crippen LogP contribution in [0.25, 0.3) is 0 Å². The van der Waals surface area contributed by atoms with E-state index in [-0.39, 0.29) is 18.4 Å². The minimum atomic E-state index is -0.382. The number of carbonyl (C=O) groups is 2. The lowest BCUT2D eigenvalue weighted by Crippen LogP contribution is -2.31. The Morgan fingerprint density at radius 1 is 1.15 bits per heavy atom. The summed E-state index contributed by atoms with van der Waals surface area (Å²) < 4.78 is 9.49. The number of carbonyl (C=O) groups excluding carboxylic acids is 2. The molecule has 0 aliphatic rings. The molecule has 20 heavy (non-hydrogen) atoms. The van der Waals surface area contributed by atoms with Crippen molar-refractivity contribution in [2.24, 2.45) is 0 Å². The molecule has 1 aromatic carbocycles. The van der Waals surface area contributed by atoms with Crippen LogP contribution in [-0.2, 0) is 14.3 Å². The monoisotopic (exact) mass is 280 g/mol. The van der Waals surface area contributed by atoms with Gasteiger partial charge in [0.25, 0.3) is 0 Å². The number of amides is 1. The number of nitrogens with one attached hydrogen (secondary N) is 2. The van der Waals surface area contributed by atoms with Gasteiger partial charge in [-0.15, -0.1) is 0 Å². The summed E-state index contributed by atoms with van der Waals surface area (Å²) in [5.41, 5.74) is 1.24. The second-order valence-corrected chi connectivity index (χ2v) is 4.12. The zero-order valence-corrected chi connectivity index (χ0v) is 11.8. The number of hydrogen-bond donors (Lipinski definition) is 2. The molecule has 1 amide bonds. The van der Waals surface area contributed by atoms with E-state index in [1.165, 1.54) is 7.11 Å². The molecule has 0 radical (unpaired) electrons. The van der Waals surface area contributed by atoms with Crippen molar-refractivity contribution >= 4 is 17.6 Å². The van der Waals surface area contributed by atoms with E-state index in [9.17, 15) is 9.59 Å². The molecule has 0 aliphatic heterocycles. The van der Waals surface area contributed by atoms with Crippen LogP contribution in [0.15, 0.2) is 24.3 Å². The molecular weight excluding hydrogens is 260 g/mol. The lowest BCUT2D eigenvalue weighted by Gasteiger charge is -2.08. The summed E-state index contributed by atoms with van der Waals surface area (Å²) in [7, 11) is 2.96. The van der Waals surface area contributed by atoms with Gasteiger partial charge in [0.15, 0.2) is 0 Å². The van der Waals surface area contributed by atoms with Gasteiger partial charge < -0.3 is 20.1 Å². The topological polar surface area (TPSA) is 76.7 Å². The number of methoxy groups -OCH3 is 2. The predicted molar refractivity (Wildman–Crippen MR) is 75.8 cm³/mol. The third kappa shape index (κ3) is 5.71. The van der Waals surface area contributed by atoms with E-state index in [0.717, 1.165) is 12.1 Å². The second-order valence-electron chi connectivity index (χ2n) is 4.12. The van der Waals surface area contributed by atoms with E-state index in [1.54, 1.807) is 31.4 Å². The van der Waals surface area contributed by atoms with Gasteiger partial charge in [-0.25, -0.2) is 4.79 Å². The Morgan fingerprint density at radius 3 is 2.45 bits per heavy atom. The molecule has 0 spiro atoms. The van der Waals surface area contributed by atoms with E-state index in [0.29, 0.717) is 18.7 Å². The highest BCUT2D eigenvalue weighted by Gasteiger charge is 2.05. The van der Waals surface area contributed by atoms with Crippen LogP contribution in [0.2, 0.25) is 0 Å². The molecule has 0 atom stereocenters. The van der Waals surface area contributed by atoms with Crippen molar-refractivity contribution in [3.63, 3.8) is 0 Å². The van der Waals surface area contributed by atoms with Crippen LogP contribution < -0.4 is 10.6 Å². The maximum atomic E-state index is 11.5. The average molecular weight is 280 g/mol. The number of ether oxygens (including phenoxy) is 2. The summed E-state index contributed by atoms with van der Waals surface area (Å²) in [6, 6.07) is 6.74. The Labute approximate surface area is 118 Å². The second kappa shape index (κ2) is 8.92. The van der Waals surface area contributed by atoms with Crippen molar-refractivity contribution in [1.82, 2.24) is 5.32 Å². The smallest absolute Gasteiger partial charge is 0.337 e. The summed E-state index contributed by atoms with van der Waals surface area (Å²) in [5, 5.41) is 5.74. The zero-order valence-electron chi connectivity index (χ0n) is 11.8. The van der Waals surface area contributed by atoms with Gasteiger partial charge in [-0.2, -0.15) is 0 Å². The highest BCUT2D eigenvalue weighted by atomic mass is 16.5. The first-order chi connectivity index (χ1) is 9.67. The molecule has 6 heteroatoms. The van der Waals surface area contributed by atoms with Crippen LogP contribution in [0.3, 0.4) is 0 Å². The molecule has 0 aliphatic carbocycles. The molecule has 0 saturated heterocycles. The molecule has 2 N–H and O–H groups in total. The van der Waals surface area contributed by atoms with Gasteiger partial charge >= 0.3 is 5.97 Å². The van der Waals surface area contributed by atoms with Gasteiger partial charge in [-0.1, -0.05) is 0 Å². The number of anilines is 1. The fraction of sp³-hybridized carbons (Fsp3) is 0.429. The summed E-state index contributed by atoms with van der Waals surface area (Å²) >= 11 is 0. The van der Waals surface area contributed by atoms with Crippen molar-refractivity contribution in [1.29, 1.82) is 0 Å². The normalized spacial score (nSPS) is 9.90. The standard InChI is InChI=1S/C14H20N2O4/c1-19-9-3-8-15-13(17)10-16-12-6-4-11(5-7-12)14(18)20-2/h4-7,16H,3,8-10H2,1-2H3,(H,15,17). The third-order valence-electron chi connectivity index (χ3n) is 2.61. The number of benzene rings is 1. The van der Waals surface area contributed by atoms with Crippen LogP contribution in [0, 0.1) is 0 Å². The van der Waals surface area contributed by atoms with E-state index in [4.69, 9.17) is 4.74 Å². The van der Waals surface area contributed by atoms with Crippen LogP contribution in [0.5, 0.6) is 0 Å². The van der Waals surface area contributed by atoms with Crippen LogP contribution in [0.4, 0.5) is 5.69 Å². The first kappa shape index (κ1) is 16.0. The molecule has 1 aromatic rings. The average Bonchev–Trinajstić information content (AvgIpc) is 2.49. The van der Waals surface area contributed by atoms with Crippen molar-refractivity contribution in [3.8, 4) is 0 Å². The maximum Gasteiger partial charge on any atom is 0.337 e. The molecule has 6 nitrogen and oxygen atoms in total. The highest BCUT2D eigenvalue weighted by molar-refractivity contribution is 5.89. The quantitative estimate of drug-likeness (QED) is 0.549. The molecule has 0 bridgehead atoms. The zero-order chi connectivity index (χ0) is 14.8. The fourth-order valence-corrected chi connectivity index (χ4v) is 1.53. The molecule has 110 valence electrons. The molecule has 0 unspecified atom stereocenters. The van der Waals surface area contributed by atoms with Crippen molar-refractivity contribution in [2.45, 2.75) is 6.42 Å². The Kier molecular flexibility index (Phi) is 7.13. The summed E-state index contributed by atoms with van der Waals surface area (Å²) in [6.45, 7) is 1.41. The van der Waals surface area contributed by atoms with Crippen LogP contribution in [-0.4, -0.2) is 45.8 Å². The van der Waals surface area contributed by atoms with Gasteiger partial charge in [0.1, 0.15) is 0 Å². The largest absolute Gasteiger partial charge is 0.465 e. The van der Waals surface area contributed by atoms with Crippen molar-refractivity contribution < 1.29 is 19.1 Å². The summed E-state index contributed by atoms with van der Waals surface area (Å²) in [4.78, 5) is 22.8. The van der Waals surface area contributed by atoms with Crippen molar-refractivity contribution in [2.75, 3.05) is 39.2 Å². The van der Waals surface area contributed by atoms with Gasteiger partial charge in [0, 0.05) is 25.9 Å². The minimum absolute atomic E-state index is 0.0850. The molecule has 0 heterocycles. The Morgan fingerprint density at radius 2 is 1.85 bits per heavy atom. The maximum absolute atomic E-state index is 11.5. The molecule has 0 saturated carbocycles. The lowest BCUT2D eigenvalue weighted by atomic mass is 10.2. The first-order valence-electron chi connectivity index (χ1n) is 6.35. The first-order valence-corrected chi connectivity index (χ1v) is 6.35. The SMILES string of the molecule is COCCCNC(=O)CNc1ccc(C(=O)OC)cc1. The third-order valence-corrected chi connectivity index (χ3v) is 2.61. The molecule has 1 rings (SSSR count). The Hall–Kier alpha value is -2.08. The van der Waals surface area contributed by atoms with E-state index in [1.807, 2.05) is 0 Å². The Balaban J connectivity index is 2.31. The Bertz CT molecular complexity index is 431. The molecule has 0 fully saturated rings. The highest BCUT2D eigenvalue weighted by Crippen LogP contribution is 2.09. The van der Waals surface area contributed by atoms with Gasteiger partial charge in [0.05, 0.1) is 19.2 Å².